The van der Waals surface area contributed by atoms with Gasteiger partial charge in [-0.05, 0) is 18.8 Å². The van der Waals surface area contributed by atoms with Gasteiger partial charge in [-0.15, -0.1) is 0 Å². The summed E-state index contributed by atoms with van der Waals surface area (Å²) >= 11 is 0. The highest BCUT2D eigenvalue weighted by molar-refractivity contribution is 5.87. The van der Waals surface area contributed by atoms with Crippen LogP contribution in [0.3, 0.4) is 0 Å². The Morgan fingerprint density at radius 2 is 2.17 bits per heavy atom. The van der Waals surface area contributed by atoms with Crippen molar-refractivity contribution in [2.24, 2.45) is 5.92 Å². The second kappa shape index (κ2) is 4.26. The summed E-state index contributed by atoms with van der Waals surface area (Å²) < 4.78 is 0. The number of rotatable bonds is 4. The third-order valence-corrected chi connectivity index (χ3v) is 1.61. The molecule has 0 aromatic heterocycles. The second-order valence-electron chi connectivity index (χ2n) is 3.51. The number of allylic oxidation sites excluding steroid dienone is 1. The number of hydrazine groups is 1. The number of carbonyl (C=O) groups excluding carboxylic acids is 1. The van der Waals surface area contributed by atoms with Gasteiger partial charge in [-0.2, -0.15) is 0 Å². The first-order valence-electron chi connectivity index (χ1n) is 4.42. The van der Waals surface area contributed by atoms with Gasteiger partial charge in [-0.1, -0.05) is 19.9 Å². The molecule has 0 spiro atoms. The SMILES string of the molecule is CC(C)C=CC(=O)NNC1CC1. The van der Waals surface area contributed by atoms with Crippen molar-refractivity contribution in [2.75, 3.05) is 0 Å². The van der Waals surface area contributed by atoms with Crippen molar-refractivity contribution in [3.05, 3.63) is 12.2 Å². The lowest BCUT2D eigenvalue weighted by molar-refractivity contribution is -0.117. The standard InChI is InChI=1S/C9H16N2O/c1-7(2)3-6-9(12)11-10-8-4-5-8/h3,6-8,10H,4-5H2,1-2H3,(H,11,12). The molecule has 0 atom stereocenters. The van der Waals surface area contributed by atoms with Crippen molar-refractivity contribution in [3.8, 4) is 0 Å². The summed E-state index contributed by atoms with van der Waals surface area (Å²) in [4.78, 5) is 11.0. The highest BCUT2D eigenvalue weighted by Crippen LogP contribution is 2.17. The van der Waals surface area contributed by atoms with Crippen LogP contribution in [-0.2, 0) is 4.79 Å². The average molecular weight is 168 g/mol. The minimum absolute atomic E-state index is 0.0596. The largest absolute Gasteiger partial charge is 0.288 e. The lowest BCUT2D eigenvalue weighted by atomic mass is 10.2. The molecule has 3 heteroatoms. The fourth-order valence-electron chi connectivity index (χ4n) is 0.722. The van der Waals surface area contributed by atoms with Gasteiger partial charge in [0.25, 0.3) is 5.91 Å². The summed E-state index contributed by atoms with van der Waals surface area (Å²) in [5.74, 6) is 0.368. The molecule has 1 aliphatic carbocycles. The fourth-order valence-corrected chi connectivity index (χ4v) is 0.722. The van der Waals surface area contributed by atoms with Gasteiger partial charge in [0.1, 0.15) is 0 Å². The van der Waals surface area contributed by atoms with Crippen LogP contribution in [0, 0.1) is 5.92 Å². The molecule has 68 valence electrons. The Kier molecular flexibility index (Phi) is 3.29. The van der Waals surface area contributed by atoms with Gasteiger partial charge in [0.2, 0.25) is 0 Å². The molecule has 0 aliphatic heterocycles. The lowest BCUT2D eigenvalue weighted by Crippen LogP contribution is -2.37. The predicted octanol–water partition coefficient (Wildman–Crippen LogP) is 0.982. The lowest BCUT2D eigenvalue weighted by Gasteiger charge is -2.01. The second-order valence-corrected chi connectivity index (χ2v) is 3.51. The normalized spacial score (nSPS) is 17.2. The third-order valence-electron chi connectivity index (χ3n) is 1.61. The van der Waals surface area contributed by atoms with Crippen molar-refractivity contribution in [3.63, 3.8) is 0 Å². The maximum absolute atomic E-state index is 11.0. The highest BCUT2D eigenvalue weighted by Gasteiger charge is 2.20. The zero-order valence-electron chi connectivity index (χ0n) is 7.63. The van der Waals surface area contributed by atoms with Crippen LogP contribution in [0.5, 0.6) is 0 Å². The fraction of sp³-hybridized carbons (Fsp3) is 0.667. The Labute approximate surface area is 73.2 Å². The Morgan fingerprint density at radius 1 is 1.50 bits per heavy atom. The number of hydrogen-bond acceptors (Lipinski definition) is 2. The van der Waals surface area contributed by atoms with Gasteiger partial charge in [-0.25, -0.2) is 5.43 Å². The van der Waals surface area contributed by atoms with Crippen LogP contribution in [-0.4, -0.2) is 11.9 Å². The van der Waals surface area contributed by atoms with E-state index in [0.717, 1.165) is 0 Å². The van der Waals surface area contributed by atoms with Crippen LogP contribution in [0.4, 0.5) is 0 Å². The van der Waals surface area contributed by atoms with Crippen molar-refractivity contribution in [1.82, 2.24) is 10.9 Å². The minimum atomic E-state index is -0.0596. The smallest absolute Gasteiger partial charge is 0.257 e. The number of carbonyl (C=O) groups is 1. The molecule has 0 radical (unpaired) electrons. The zero-order valence-corrected chi connectivity index (χ0v) is 7.63. The summed E-state index contributed by atoms with van der Waals surface area (Å²) in [6.07, 6.45) is 5.80. The molecule has 0 aromatic rings. The first kappa shape index (κ1) is 9.26. The molecule has 0 heterocycles. The van der Waals surface area contributed by atoms with E-state index in [-0.39, 0.29) is 5.91 Å². The first-order chi connectivity index (χ1) is 5.68. The molecule has 0 aromatic carbocycles. The van der Waals surface area contributed by atoms with E-state index in [1.165, 1.54) is 12.8 Å². The molecule has 1 saturated carbocycles. The molecule has 2 N–H and O–H groups in total. The van der Waals surface area contributed by atoms with E-state index in [1.54, 1.807) is 6.08 Å². The van der Waals surface area contributed by atoms with E-state index in [4.69, 9.17) is 0 Å². The quantitative estimate of drug-likeness (QED) is 0.485. The highest BCUT2D eigenvalue weighted by atomic mass is 16.2. The van der Waals surface area contributed by atoms with Crippen LogP contribution >= 0.6 is 0 Å². The predicted molar refractivity (Wildman–Crippen MR) is 48.3 cm³/mol. The Morgan fingerprint density at radius 3 is 2.67 bits per heavy atom. The number of nitrogens with one attached hydrogen (secondary N) is 2. The molecule has 1 amide bonds. The summed E-state index contributed by atoms with van der Waals surface area (Å²) in [5.41, 5.74) is 5.55. The van der Waals surface area contributed by atoms with E-state index in [0.29, 0.717) is 12.0 Å². The number of amides is 1. The minimum Gasteiger partial charge on any atom is -0.288 e. The van der Waals surface area contributed by atoms with E-state index in [1.807, 2.05) is 19.9 Å². The summed E-state index contributed by atoms with van der Waals surface area (Å²) in [7, 11) is 0. The van der Waals surface area contributed by atoms with Gasteiger partial charge >= 0.3 is 0 Å². The van der Waals surface area contributed by atoms with Crippen LogP contribution in [0.2, 0.25) is 0 Å². The average Bonchev–Trinajstić information content (AvgIpc) is 2.80. The maximum atomic E-state index is 11.0. The first-order valence-corrected chi connectivity index (χ1v) is 4.42. The van der Waals surface area contributed by atoms with Crippen LogP contribution in [0.25, 0.3) is 0 Å². The summed E-state index contributed by atoms with van der Waals surface area (Å²) in [6.45, 7) is 4.08. The Bertz CT molecular complexity index is 183. The van der Waals surface area contributed by atoms with E-state index in [9.17, 15) is 4.79 Å². The molecule has 1 rings (SSSR count). The van der Waals surface area contributed by atoms with Gasteiger partial charge in [0.05, 0.1) is 0 Å². The van der Waals surface area contributed by atoms with Gasteiger partial charge < -0.3 is 0 Å². The van der Waals surface area contributed by atoms with Crippen molar-refractivity contribution < 1.29 is 4.79 Å². The maximum Gasteiger partial charge on any atom is 0.257 e. The molecule has 0 bridgehead atoms. The summed E-state index contributed by atoms with van der Waals surface area (Å²) in [6, 6.07) is 0.515. The van der Waals surface area contributed by atoms with Crippen molar-refractivity contribution in [2.45, 2.75) is 32.7 Å². The molecule has 0 unspecified atom stereocenters. The van der Waals surface area contributed by atoms with Crippen LogP contribution < -0.4 is 10.9 Å². The molecule has 3 nitrogen and oxygen atoms in total. The van der Waals surface area contributed by atoms with Gasteiger partial charge in [0.15, 0.2) is 0 Å². The molecule has 1 aliphatic rings. The van der Waals surface area contributed by atoms with Gasteiger partial charge in [-0.3, -0.25) is 10.2 Å². The Hall–Kier alpha value is -0.830. The Balaban J connectivity index is 2.09. The molecule has 1 fully saturated rings. The van der Waals surface area contributed by atoms with E-state index in [2.05, 4.69) is 10.9 Å². The van der Waals surface area contributed by atoms with Crippen molar-refractivity contribution in [1.29, 1.82) is 0 Å². The molecular formula is C9H16N2O. The molecular weight excluding hydrogens is 152 g/mol. The van der Waals surface area contributed by atoms with E-state index < -0.39 is 0 Å². The summed E-state index contributed by atoms with van der Waals surface area (Å²) in [5, 5.41) is 0. The van der Waals surface area contributed by atoms with Gasteiger partial charge in [0, 0.05) is 12.1 Å². The number of hydrogen-bond donors (Lipinski definition) is 2. The topological polar surface area (TPSA) is 41.1 Å². The van der Waals surface area contributed by atoms with Crippen LogP contribution in [0.1, 0.15) is 26.7 Å². The monoisotopic (exact) mass is 168 g/mol. The van der Waals surface area contributed by atoms with Crippen LogP contribution in [0.15, 0.2) is 12.2 Å². The van der Waals surface area contributed by atoms with Crippen molar-refractivity contribution >= 4 is 5.91 Å². The zero-order chi connectivity index (χ0) is 8.97. The van der Waals surface area contributed by atoms with E-state index >= 15 is 0 Å². The molecule has 0 saturated heterocycles. The molecule has 12 heavy (non-hydrogen) atoms. The third kappa shape index (κ3) is 4.13.